The lowest BCUT2D eigenvalue weighted by Gasteiger charge is -2.36. The maximum absolute atomic E-state index is 14.5. The average molecular weight is 956 g/mol. The van der Waals surface area contributed by atoms with Crippen molar-refractivity contribution in [3.63, 3.8) is 0 Å². The van der Waals surface area contributed by atoms with Gasteiger partial charge < -0.3 is 30.7 Å². The summed E-state index contributed by atoms with van der Waals surface area (Å²) in [4.78, 5) is 66.8. The van der Waals surface area contributed by atoms with Gasteiger partial charge in [0.1, 0.15) is 23.5 Å². The van der Waals surface area contributed by atoms with Gasteiger partial charge in [-0.2, -0.15) is 10.2 Å². The highest BCUT2D eigenvalue weighted by molar-refractivity contribution is 5.96. The molecule has 3 amide bonds. The van der Waals surface area contributed by atoms with E-state index in [1.807, 2.05) is 82.6 Å². The van der Waals surface area contributed by atoms with Crippen molar-refractivity contribution >= 4 is 34.7 Å². The molecule has 5 heterocycles. The molecule has 1 aliphatic heterocycles. The summed E-state index contributed by atoms with van der Waals surface area (Å²) < 4.78 is 16.9. The van der Waals surface area contributed by atoms with Crippen molar-refractivity contribution in [3.05, 3.63) is 115 Å². The molecule has 70 heavy (non-hydrogen) atoms. The molecule has 0 radical (unpaired) electrons. The van der Waals surface area contributed by atoms with Crippen LogP contribution in [0.4, 0.5) is 4.39 Å². The minimum atomic E-state index is -0.817. The second-order valence-electron chi connectivity index (χ2n) is 19.9. The topological polar surface area (TPSA) is 175 Å². The molecule has 372 valence electrons. The van der Waals surface area contributed by atoms with Crippen LogP contribution in [-0.2, 0) is 20.9 Å². The zero-order chi connectivity index (χ0) is 50.0. The molecule has 0 spiro atoms. The SMILES string of the molecule is CC[C@@H](NC(=O)[C@@H]1C[C@H](N(C)CCCCCCCCC(=O)n2cc(-c3cnc4[nH]cc(-c5cnn(Cc6cccc(F)c6)c5)c4c3)cn2)CN1C(=O)[C@@H](NC(=O)[C@H](C)NC)C(C)(C)C)c1ccccc1. The minimum Gasteiger partial charge on any atom is -0.348 e. The van der Waals surface area contributed by atoms with Crippen LogP contribution in [0.1, 0.15) is 114 Å². The third-order valence-electron chi connectivity index (χ3n) is 13.7. The molecule has 7 rings (SSSR count). The number of halogens is 1. The van der Waals surface area contributed by atoms with Crippen LogP contribution >= 0.6 is 0 Å². The Morgan fingerprint density at radius 1 is 0.886 bits per heavy atom. The number of unbranched alkanes of at least 4 members (excludes halogenated alkanes) is 5. The lowest BCUT2D eigenvalue weighted by Crippen LogP contribution is -2.59. The predicted molar refractivity (Wildman–Crippen MR) is 271 cm³/mol. The first-order valence-electron chi connectivity index (χ1n) is 24.8. The van der Waals surface area contributed by atoms with Crippen molar-refractivity contribution in [2.24, 2.45) is 5.41 Å². The van der Waals surface area contributed by atoms with Crippen molar-refractivity contribution in [2.45, 2.75) is 129 Å². The van der Waals surface area contributed by atoms with Crippen LogP contribution in [0.15, 0.2) is 97.8 Å². The van der Waals surface area contributed by atoms with E-state index in [1.165, 1.54) is 16.8 Å². The fraction of sp³-hybridized carbons (Fsp3) is 0.463. The van der Waals surface area contributed by atoms with Crippen molar-refractivity contribution in [2.75, 3.05) is 27.2 Å². The number of aromatic nitrogens is 6. The van der Waals surface area contributed by atoms with E-state index in [-0.39, 0.29) is 41.5 Å². The van der Waals surface area contributed by atoms with Crippen LogP contribution in [0, 0.1) is 11.2 Å². The Morgan fingerprint density at radius 2 is 1.63 bits per heavy atom. The second-order valence-corrected chi connectivity index (χ2v) is 19.9. The van der Waals surface area contributed by atoms with E-state index in [9.17, 15) is 23.6 Å². The van der Waals surface area contributed by atoms with Crippen molar-refractivity contribution < 1.29 is 23.6 Å². The highest BCUT2D eigenvalue weighted by Crippen LogP contribution is 2.32. The standard InChI is InChI=1S/C54H70FN11O4/c1-8-46(38-20-14-13-15-21-38)61-52(69)47-27-43(35-65(47)53(70)49(54(3,4)5)62-51(68)36(2)56-6)63(7)24-17-12-10-9-11-16-23-48(67)66-34-40(29-60-66)39-26-44-45(31-58-50(44)57-28-39)41-30-59-64(33-41)32-37-19-18-22-42(55)25-37/h13-15,18-22,25-26,28-31,33-34,36,43,46-47,49,56H,8-12,16-17,23-24,27,32,35H2,1-7H3,(H,57,58)(H,61,69)(H,62,68)/t36-,43-,46+,47-,49+/m0/s1. The van der Waals surface area contributed by atoms with Gasteiger partial charge in [-0.15, -0.1) is 0 Å². The molecule has 4 aromatic heterocycles. The van der Waals surface area contributed by atoms with E-state index in [0.29, 0.717) is 32.4 Å². The van der Waals surface area contributed by atoms with Crippen molar-refractivity contribution in [3.8, 4) is 22.3 Å². The van der Waals surface area contributed by atoms with Crippen molar-refractivity contribution in [1.82, 2.24) is 55.3 Å². The summed E-state index contributed by atoms with van der Waals surface area (Å²) >= 11 is 0. The maximum Gasteiger partial charge on any atom is 0.246 e. The number of fused-ring (bicyclic) bond motifs is 1. The molecule has 16 heteroatoms. The van der Waals surface area contributed by atoms with Gasteiger partial charge in [-0.25, -0.2) is 14.1 Å². The zero-order valence-electron chi connectivity index (χ0n) is 41.8. The van der Waals surface area contributed by atoms with Gasteiger partial charge in [-0.3, -0.25) is 23.9 Å². The first-order chi connectivity index (χ1) is 33.6. The lowest BCUT2D eigenvalue weighted by atomic mass is 9.85. The molecule has 4 N–H and O–H groups in total. The molecule has 1 fully saturated rings. The van der Waals surface area contributed by atoms with E-state index in [4.69, 9.17) is 0 Å². The molecule has 0 unspecified atom stereocenters. The number of carbonyl (C=O) groups excluding carboxylic acids is 4. The molecule has 6 aromatic rings. The highest BCUT2D eigenvalue weighted by Gasteiger charge is 2.46. The van der Waals surface area contributed by atoms with Crippen LogP contribution < -0.4 is 16.0 Å². The Morgan fingerprint density at radius 3 is 2.36 bits per heavy atom. The summed E-state index contributed by atoms with van der Waals surface area (Å²) in [5.41, 5.74) is 5.45. The number of nitrogens with one attached hydrogen (secondary N) is 4. The van der Waals surface area contributed by atoms with Crippen LogP contribution in [-0.4, -0.2) is 114 Å². The number of aromatic amines is 1. The molecule has 2 aromatic carbocycles. The third-order valence-corrected chi connectivity index (χ3v) is 13.7. The number of H-pyrrole nitrogens is 1. The first-order valence-corrected chi connectivity index (χ1v) is 24.8. The van der Waals surface area contributed by atoms with Gasteiger partial charge >= 0.3 is 0 Å². The van der Waals surface area contributed by atoms with E-state index in [2.05, 4.69) is 48.1 Å². The molecule has 1 saturated heterocycles. The first kappa shape index (κ1) is 51.3. The Hall–Kier alpha value is -6.52. The van der Waals surface area contributed by atoms with Crippen LogP contribution in [0.3, 0.4) is 0 Å². The molecular weight excluding hydrogens is 886 g/mol. The Balaban J connectivity index is 0.874. The zero-order valence-corrected chi connectivity index (χ0v) is 41.8. The number of benzene rings is 2. The maximum atomic E-state index is 14.5. The quantitative estimate of drug-likeness (QED) is 0.0490. The van der Waals surface area contributed by atoms with E-state index in [0.717, 1.165) is 89.5 Å². The van der Waals surface area contributed by atoms with Gasteiger partial charge in [0.2, 0.25) is 23.6 Å². The number of rotatable bonds is 22. The average Bonchev–Trinajstić information content (AvgIpc) is 4.19. The Kier molecular flexibility index (Phi) is 17.2. The minimum absolute atomic E-state index is 0.0283. The van der Waals surface area contributed by atoms with Crippen LogP contribution in [0.25, 0.3) is 33.3 Å². The molecule has 0 aliphatic carbocycles. The lowest BCUT2D eigenvalue weighted by molar-refractivity contribution is -0.144. The van der Waals surface area contributed by atoms with Gasteiger partial charge in [0.05, 0.1) is 31.0 Å². The number of likely N-dealkylation sites (tertiary alicyclic amines) is 1. The largest absolute Gasteiger partial charge is 0.348 e. The molecule has 1 aliphatic rings. The van der Waals surface area contributed by atoms with E-state index >= 15 is 0 Å². The summed E-state index contributed by atoms with van der Waals surface area (Å²) in [6, 6.07) is 16.2. The summed E-state index contributed by atoms with van der Waals surface area (Å²) in [5, 5.41) is 19.0. The summed E-state index contributed by atoms with van der Waals surface area (Å²) in [6.07, 6.45) is 18.2. The fourth-order valence-corrected chi connectivity index (χ4v) is 9.27. The van der Waals surface area contributed by atoms with Gasteiger partial charge in [0, 0.05) is 71.4 Å². The number of carbonyl (C=O) groups is 4. The summed E-state index contributed by atoms with van der Waals surface area (Å²) in [5.74, 6) is -1.03. The second kappa shape index (κ2) is 23.4. The molecule has 0 saturated carbocycles. The highest BCUT2D eigenvalue weighted by atomic mass is 19.1. The Bertz CT molecular complexity index is 2710. The third kappa shape index (κ3) is 12.8. The normalized spacial score (nSPS) is 16.4. The number of hydrogen-bond donors (Lipinski definition) is 4. The number of amides is 3. The number of likely N-dealkylation sites (N-methyl/N-ethyl adjacent to an activating group) is 2. The van der Waals surface area contributed by atoms with Crippen LogP contribution in [0.5, 0.6) is 0 Å². The molecular formula is C54H70FN11O4. The summed E-state index contributed by atoms with van der Waals surface area (Å²) in [7, 11) is 3.78. The van der Waals surface area contributed by atoms with Gasteiger partial charge in [-0.1, -0.05) is 95.8 Å². The van der Waals surface area contributed by atoms with Gasteiger partial charge in [-0.05, 0) is 88.0 Å². The number of nitrogens with zero attached hydrogens (tertiary/aromatic N) is 7. The molecule has 5 atom stereocenters. The predicted octanol–water partition coefficient (Wildman–Crippen LogP) is 8.16. The fourth-order valence-electron chi connectivity index (χ4n) is 9.27. The molecule has 0 bridgehead atoms. The Labute approximate surface area is 411 Å². The molecule has 15 nitrogen and oxygen atoms in total. The van der Waals surface area contributed by atoms with E-state index in [1.54, 1.807) is 54.4 Å². The van der Waals surface area contributed by atoms with Gasteiger partial charge in [0.15, 0.2) is 0 Å². The van der Waals surface area contributed by atoms with E-state index < -0.39 is 23.5 Å². The monoisotopic (exact) mass is 956 g/mol. The van der Waals surface area contributed by atoms with Gasteiger partial charge in [0.25, 0.3) is 0 Å². The number of pyridine rings is 1. The smallest absolute Gasteiger partial charge is 0.246 e. The van der Waals surface area contributed by atoms with Crippen molar-refractivity contribution in [1.29, 1.82) is 0 Å². The summed E-state index contributed by atoms with van der Waals surface area (Å²) in [6.45, 7) is 11.3. The van der Waals surface area contributed by atoms with Crippen LogP contribution in [0.2, 0.25) is 0 Å². The number of hydrogen-bond acceptors (Lipinski definition) is 9.